The molecule has 0 fully saturated rings. The summed E-state index contributed by atoms with van der Waals surface area (Å²) in [4.78, 5) is 11.9. The van der Waals surface area contributed by atoms with Crippen molar-refractivity contribution in [2.45, 2.75) is 39.5 Å². The van der Waals surface area contributed by atoms with Crippen LogP contribution in [0.2, 0.25) is 0 Å². The van der Waals surface area contributed by atoms with Crippen molar-refractivity contribution in [3.05, 3.63) is 35.9 Å². The van der Waals surface area contributed by atoms with Gasteiger partial charge in [0, 0.05) is 12.5 Å². The molecule has 0 spiro atoms. The number of aliphatic hydroxyl groups excluding tert-OH is 1. The lowest BCUT2D eigenvalue weighted by Crippen LogP contribution is -2.46. The Kier molecular flexibility index (Phi) is 6.53. The molecule has 0 aliphatic carbocycles. The molecule has 1 rings (SSSR count). The normalized spacial score (nSPS) is 15.6. The summed E-state index contributed by atoms with van der Waals surface area (Å²) in [5.41, 5.74) is 1.09. The van der Waals surface area contributed by atoms with Crippen molar-refractivity contribution >= 4 is 5.97 Å². The molecule has 19 heavy (non-hydrogen) atoms. The van der Waals surface area contributed by atoms with E-state index in [4.69, 9.17) is 4.74 Å². The molecule has 0 bridgehead atoms. The van der Waals surface area contributed by atoms with Gasteiger partial charge < -0.3 is 9.84 Å². The third-order valence-electron chi connectivity index (χ3n) is 3.20. The summed E-state index contributed by atoms with van der Waals surface area (Å²) in [6, 6.07) is 9.33. The van der Waals surface area contributed by atoms with Gasteiger partial charge in [-0.25, -0.2) is 0 Å². The van der Waals surface area contributed by atoms with Crippen LogP contribution >= 0.6 is 0 Å². The maximum absolute atomic E-state index is 11.9. The Morgan fingerprint density at radius 1 is 1.32 bits per heavy atom. The Hall–Kier alpha value is -1.39. The molecule has 106 valence electrons. The van der Waals surface area contributed by atoms with Crippen LogP contribution < -0.4 is 5.32 Å². The Morgan fingerprint density at radius 2 is 1.95 bits per heavy atom. The van der Waals surface area contributed by atoms with Gasteiger partial charge in [0.1, 0.15) is 6.04 Å². The fraction of sp³-hybridized carbons (Fsp3) is 0.533. The molecule has 4 nitrogen and oxygen atoms in total. The molecular weight excluding hydrogens is 242 g/mol. The number of hydrogen-bond donors (Lipinski definition) is 2. The minimum atomic E-state index is -0.572. The molecule has 1 aromatic rings. The predicted octanol–water partition coefficient (Wildman–Crippen LogP) is 1.72. The Bertz CT molecular complexity index is 378. The van der Waals surface area contributed by atoms with E-state index in [9.17, 15) is 9.90 Å². The summed E-state index contributed by atoms with van der Waals surface area (Å²) in [6.07, 6.45) is -0.572. The zero-order valence-corrected chi connectivity index (χ0v) is 11.8. The number of benzene rings is 1. The van der Waals surface area contributed by atoms with Crippen molar-refractivity contribution in [3.63, 3.8) is 0 Å². The molecule has 0 unspecified atom stereocenters. The second kappa shape index (κ2) is 7.92. The fourth-order valence-corrected chi connectivity index (χ4v) is 1.82. The minimum Gasteiger partial charge on any atom is -0.465 e. The summed E-state index contributed by atoms with van der Waals surface area (Å²) in [5.74, 6) is -0.519. The highest BCUT2D eigenvalue weighted by molar-refractivity contribution is 5.76. The van der Waals surface area contributed by atoms with E-state index in [-0.39, 0.29) is 11.9 Å². The summed E-state index contributed by atoms with van der Waals surface area (Å²) >= 11 is 0. The molecule has 0 aromatic heterocycles. The standard InChI is InChI=1S/C15H23NO3/c1-4-19-15(18)14(11(2)12(3)17)16-10-13-8-6-5-7-9-13/h5-9,11-12,14,16-17H,4,10H2,1-3H3/t11-,12-,14-/m0/s1. The molecule has 0 saturated carbocycles. The highest BCUT2D eigenvalue weighted by atomic mass is 16.5. The quantitative estimate of drug-likeness (QED) is 0.737. The van der Waals surface area contributed by atoms with Gasteiger partial charge in [-0.2, -0.15) is 0 Å². The van der Waals surface area contributed by atoms with Crippen molar-refractivity contribution < 1.29 is 14.6 Å². The van der Waals surface area contributed by atoms with E-state index in [0.29, 0.717) is 13.2 Å². The lowest BCUT2D eigenvalue weighted by atomic mass is 9.96. The van der Waals surface area contributed by atoms with Gasteiger partial charge in [0.15, 0.2) is 0 Å². The lowest BCUT2D eigenvalue weighted by molar-refractivity contribution is -0.148. The molecule has 3 atom stereocenters. The molecule has 0 amide bonds. The highest BCUT2D eigenvalue weighted by Gasteiger charge is 2.28. The van der Waals surface area contributed by atoms with Crippen LogP contribution in [0.25, 0.3) is 0 Å². The highest BCUT2D eigenvalue weighted by Crippen LogP contribution is 2.11. The topological polar surface area (TPSA) is 58.6 Å². The molecular formula is C15H23NO3. The average molecular weight is 265 g/mol. The van der Waals surface area contributed by atoms with E-state index in [1.807, 2.05) is 37.3 Å². The fourth-order valence-electron chi connectivity index (χ4n) is 1.82. The van der Waals surface area contributed by atoms with E-state index in [0.717, 1.165) is 5.56 Å². The Labute approximate surface area is 114 Å². The van der Waals surface area contributed by atoms with Gasteiger partial charge in [0.25, 0.3) is 0 Å². The maximum Gasteiger partial charge on any atom is 0.323 e. The first-order valence-electron chi connectivity index (χ1n) is 6.68. The second-order valence-electron chi connectivity index (χ2n) is 4.70. The van der Waals surface area contributed by atoms with Gasteiger partial charge in [-0.15, -0.1) is 0 Å². The number of carbonyl (C=O) groups excluding carboxylic acids is 1. The van der Waals surface area contributed by atoms with Crippen LogP contribution in [0.1, 0.15) is 26.3 Å². The molecule has 0 heterocycles. The van der Waals surface area contributed by atoms with Crippen LogP contribution in [0, 0.1) is 5.92 Å². The van der Waals surface area contributed by atoms with Crippen LogP contribution in [0.4, 0.5) is 0 Å². The average Bonchev–Trinajstić information content (AvgIpc) is 2.40. The molecule has 0 radical (unpaired) electrons. The van der Waals surface area contributed by atoms with Crippen LogP contribution in [0.5, 0.6) is 0 Å². The smallest absolute Gasteiger partial charge is 0.323 e. The van der Waals surface area contributed by atoms with E-state index >= 15 is 0 Å². The third kappa shape index (κ3) is 5.01. The molecule has 0 aliphatic rings. The first-order valence-corrected chi connectivity index (χ1v) is 6.68. The number of hydrogen-bond acceptors (Lipinski definition) is 4. The summed E-state index contributed by atoms with van der Waals surface area (Å²) in [6.45, 7) is 6.21. The van der Waals surface area contributed by atoms with E-state index in [1.165, 1.54) is 0 Å². The van der Waals surface area contributed by atoms with Gasteiger partial charge in [-0.05, 0) is 19.4 Å². The summed E-state index contributed by atoms with van der Waals surface area (Å²) < 4.78 is 5.05. The Morgan fingerprint density at radius 3 is 2.47 bits per heavy atom. The Balaban J connectivity index is 2.66. The molecule has 2 N–H and O–H groups in total. The van der Waals surface area contributed by atoms with E-state index < -0.39 is 12.1 Å². The predicted molar refractivity (Wildman–Crippen MR) is 74.5 cm³/mol. The largest absolute Gasteiger partial charge is 0.465 e. The molecule has 4 heteroatoms. The monoisotopic (exact) mass is 265 g/mol. The zero-order valence-electron chi connectivity index (χ0n) is 11.8. The van der Waals surface area contributed by atoms with Crippen LogP contribution in [-0.4, -0.2) is 29.8 Å². The van der Waals surface area contributed by atoms with Gasteiger partial charge in [-0.1, -0.05) is 37.3 Å². The van der Waals surface area contributed by atoms with Gasteiger partial charge in [-0.3, -0.25) is 10.1 Å². The van der Waals surface area contributed by atoms with Crippen molar-refractivity contribution in [2.24, 2.45) is 5.92 Å². The number of carbonyl (C=O) groups is 1. The van der Waals surface area contributed by atoms with Crippen molar-refractivity contribution in [3.8, 4) is 0 Å². The van der Waals surface area contributed by atoms with Crippen molar-refractivity contribution in [1.82, 2.24) is 5.32 Å². The number of aliphatic hydroxyl groups is 1. The first-order chi connectivity index (χ1) is 9.06. The van der Waals surface area contributed by atoms with Crippen LogP contribution in [0.3, 0.4) is 0 Å². The number of ether oxygens (including phenoxy) is 1. The van der Waals surface area contributed by atoms with Gasteiger partial charge >= 0.3 is 5.97 Å². The van der Waals surface area contributed by atoms with Crippen molar-refractivity contribution in [1.29, 1.82) is 0 Å². The number of rotatable bonds is 7. The summed E-state index contributed by atoms with van der Waals surface area (Å²) in [5, 5.41) is 12.8. The van der Waals surface area contributed by atoms with E-state index in [2.05, 4.69) is 5.32 Å². The number of esters is 1. The second-order valence-corrected chi connectivity index (χ2v) is 4.70. The third-order valence-corrected chi connectivity index (χ3v) is 3.20. The van der Waals surface area contributed by atoms with Gasteiger partial charge in [0.2, 0.25) is 0 Å². The SMILES string of the molecule is CCOC(=O)[C@@H](NCc1ccccc1)[C@@H](C)[C@H](C)O. The number of nitrogens with one attached hydrogen (secondary N) is 1. The van der Waals surface area contributed by atoms with E-state index in [1.54, 1.807) is 13.8 Å². The van der Waals surface area contributed by atoms with Crippen LogP contribution in [0.15, 0.2) is 30.3 Å². The first kappa shape index (κ1) is 15.7. The molecule has 1 aromatic carbocycles. The minimum absolute atomic E-state index is 0.206. The molecule has 0 saturated heterocycles. The van der Waals surface area contributed by atoms with Gasteiger partial charge in [0.05, 0.1) is 12.7 Å². The molecule has 0 aliphatic heterocycles. The maximum atomic E-state index is 11.9. The summed E-state index contributed by atoms with van der Waals surface area (Å²) in [7, 11) is 0. The lowest BCUT2D eigenvalue weighted by Gasteiger charge is -2.25. The van der Waals surface area contributed by atoms with Crippen LogP contribution in [-0.2, 0) is 16.1 Å². The zero-order chi connectivity index (χ0) is 14.3. The van der Waals surface area contributed by atoms with Crippen molar-refractivity contribution in [2.75, 3.05) is 6.61 Å².